The van der Waals surface area contributed by atoms with Crippen molar-refractivity contribution in [1.29, 1.82) is 0 Å². The Labute approximate surface area is 174 Å². The number of rotatable bonds is 6. The molecule has 0 aromatic heterocycles. The van der Waals surface area contributed by atoms with Crippen molar-refractivity contribution in [3.05, 3.63) is 29.3 Å². The average molecular weight is 434 g/mol. The fourth-order valence-electron chi connectivity index (χ4n) is 3.76. The number of halogens is 4. The topological polar surface area (TPSA) is 36.0 Å². The average Bonchev–Trinajstić information content (AvgIpc) is 2.70. The molecule has 3 rings (SSSR count). The molecule has 0 saturated carbocycles. The Balaban J connectivity index is 1.35. The highest BCUT2D eigenvalue weighted by Crippen LogP contribution is 2.33. The van der Waals surface area contributed by atoms with Gasteiger partial charge < -0.3 is 9.64 Å². The zero-order chi connectivity index (χ0) is 20.9. The fourth-order valence-corrected chi connectivity index (χ4v) is 3.88. The van der Waals surface area contributed by atoms with Crippen LogP contribution in [-0.2, 0) is 4.79 Å². The number of piperidine rings is 1. The second-order valence-electron chi connectivity index (χ2n) is 7.64. The number of hydrogen-bond donors (Lipinski definition) is 0. The van der Waals surface area contributed by atoms with Crippen LogP contribution in [-0.4, -0.2) is 85.7 Å². The van der Waals surface area contributed by atoms with E-state index in [1.54, 1.807) is 12.1 Å². The summed E-state index contributed by atoms with van der Waals surface area (Å²) in [6.07, 6.45) is -3.69. The van der Waals surface area contributed by atoms with Crippen LogP contribution >= 0.6 is 11.6 Å². The van der Waals surface area contributed by atoms with Gasteiger partial charge in [-0.05, 0) is 37.1 Å². The number of alkyl halides is 3. The minimum Gasteiger partial charge on any atom is -0.492 e. The van der Waals surface area contributed by atoms with Crippen molar-refractivity contribution in [1.82, 2.24) is 14.7 Å². The number of piperazine rings is 1. The first-order valence-electron chi connectivity index (χ1n) is 9.99. The van der Waals surface area contributed by atoms with Gasteiger partial charge >= 0.3 is 6.18 Å². The lowest BCUT2D eigenvalue weighted by Crippen LogP contribution is -2.52. The van der Waals surface area contributed by atoms with E-state index in [0.29, 0.717) is 24.6 Å². The fraction of sp³-hybridized carbons (Fsp3) is 0.650. The molecule has 5 nitrogen and oxygen atoms in total. The summed E-state index contributed by atoms with van der Waals surface area (Å²) < 4.78 is 44.5. The number of benzene rings is 1. The summed E-state index contributed by atoms with van der Waals surface area (Å²) in [4.78, 5) is 18.1. The van der Waals surface area contributed by atoms with Crippen LogP contribution in [0.1, 0.15) is 12.8 Å². The highest BCUT2D eigenvalue weighted by Gasteiger charge is 2.42. The molecule has 0 bridgehead atoms. The molecule has 2 fully saturated rings. The number of likely N-dealkylation sites (tertiary alicyclic amines) is 1. The number of carbonyl (C=O) groups is 1. The van der Waals surface area contributed by atoms with Crippen molar-refractivity contribution in [2.75, 3.05) is 59.0 Å². The predicted octanol–water partition coefficient (Wildman–Crippen LogP) is 3.14. The van der Waals surface area contributed by atoms with Gasteiger partial charge in [-0.25, -0.2) is 0 Å². The lowest BCUT2D eigenvalue weighted by molar-refractivity contribution is -0.188. The summed E-state index contributed by atoms with van der Waals surface area (Å²) in [5.41, 5.74) is 0. The van der Waals surface area contributed by atoms with Crippen LogP contribution in [0.4, 0.5) is 13.2 Å². The molecular weight excluding hydrogens is 407 g/mol. The highest BCUT2D eigenvalue weighted by atomic mass is 35.5. The van der Waals surface area contributed by atoms with Crippen LogP contribution < -0.4 is 4.74 Å². The van der Waals surface area contributed by atoms with Crippen LogP contribution in [0.25, 0.3) is 0 Å². The molecule has 1 amide bonds. The van der Waals surface area contributed by atoms with Gasteiger partial charge in [-0.15, -0.1) is 0 Å². The van der Waals surface area contributed by atoms with E-state index in [2.05, 4.69) is 4.90 Å². The van der Waals surface area contributed by atoms with E-state index in [1.807, 2.05) is 17.0 Å². The first-order valence-corrected chi connectivity index (χ1v) is 10.4. The van der Waals surface area contributed by atoms with Gasteiger partial charge in [0.05, 0.1) is 12.5 Å². The largest absolute Gasteiger partial charge is 0.492 e. The Bertz CT molecular complexity index is 664. The van der Waals surface area contributed by atoms with Crippen molar-refractivity contribution in [2.45, 2.75) is 19.0 Å². The smallest absolute Gasteiger partial charge is 0.393 e. The van der Waals surface area contributed by atoms with Crippen LogP contribution in [0.5, 0.6) is 5.75 Å². The quantitative estimate of drug-likeness (QED) is 0.690. The van der Waals surface area contributed by atoms with E-state index in [1.165, 1.54) is 4.90 Å². The second-order valence-corrected chi connectivity index (χ2v) is 8.08. The minimum atomic E-state index is -4.22. The molecule has 1 atom stereocenters. The number of ether oxygens (including phenoxy) is 1. The highest BCUT2D eigenvalue weighted by molar-refractivity contribution is 6.30. The first-order chi connectivity index (χ1) is 13.8. The predicted molar refractivity (Wildman–Crippen MR) is 105 cm³/mol. The Morgan fingerprint density at radius 1 is 1.07 bits per heavy atom. The molecule has 0 radical (unpaired) electrons. The summed E-state index contributed by atoms with van der Waals surface area (Å²) in [7, 11) is 0. The number of hydrogen-bond acceptors (Lipinski definition) is 4. The van der Waals surface area contributed by atoms with Gasteiger partial charge in [-0.1, -0.05) is 11.6 Å². The molecule has 29 heavy (non-hydrogen) atoms. The number of carbonyl (C=O) groups excluding carboxylic acids is 1. The van der Waals surface area contributed by atoms with Crippen molar-refractivity contribution >= 4 is 17.5 Å². The van der Waals surface area contributed by atoms with Crippen LogP contribution in [0.3, 0.4) is 0 Å². The third-order valence-electron chi connectivity index (χ3n) is 5.55. The molecule has 9 heteroatoms. The van der Waals surface area contributed by atoms with E-state index < -0.39 is 12.1 Å². The Morgan fingerprint density at radius 3 is 2.38 bits per heavy atom. The van der Waals surface area contributed by atoms with Crippen LogP contribution in [0.2, 0.25) is 5.02 Å². The SMILES string of the molecule is O=C(CN1CCN(CCOc2ccc(Cl)cc2)CC1)N1CCCC(C(F)(F)F)C1. The summed E-state index contributed by atoms with van der Waals surface area (Å²) >= 11 is 5.85. The van der Waals surface area contributed by atoms with Gasteiger partial charge in [0.1, 0.15) is 12.4 Å². The maximum Gasteiger partial charge on any atom is 0.393 e. The van der Waals surface area contributed by atoms with Crippen LogP contribution in [0, 0.1) is 5.92 Å². The van der Waals surface area contributed by atoms with E-state index in [4.69, 9.17) is 16.3 Å². The zero-order valence-electron chi connectivity index (χ0n) is 16.3. The number of amides is 1. The summed E-state index contributed by atoms with van der Waals surface area (Å²) in [5.74, 6) is -0.812. The zero-order valence-corrected chi connectivity index (χ0v) is 17.1. The van der Waals surface area contributed by atoms with E-state index in [-0.39, 0.29) is 25.4 Å². The summed E-state index contributed by atoms with van der Waals surface area (Å²) in [6.45, 7) is 4.83. The summed E-state index contributed by atoms with van der Waals surface area (Å²) in [6, 6.07) is 7.23. The maximum absolute atomic E-state index is 12.9. The molecule has 1 unspecified atom stereocenters. The number of nitrogens with zero attached hydrogens (tertiary/aromatic N) is 3. The third kappa shape index (κ3) is 6.76. The van der Waals surface area contributed by atoms with Gasteiger partial charge in [0, 0.05) is 50.8 Å². The van der Waals surface area contributed by atoms with Gasteiger partial charge in [-0.3, -0.25) is 14.6 Å². The molecular formula is C20H27ClF3N3O2. The van der Waals surface area contributed by atoms with Crippen molar-refractivity contribution in [3.8, 4) is 5.75 Å². The van der Waals surface area contributed by atoms with Gasteiger partial charge in [0.25, 0.3) is 0 Å². The summed E-state index contributed by atoms with van der Waals surface area (Å²) in [5, 5.41) is 0.668. The van der Waals surface area contributed by atoms with Gasteiger partial charge in [0.2, 0.25) is 5.91 Å². The molecule has 2 heterocycles. The van der Waals surface area contributed by atoms with E-state index >= 15 is 0 Å². The molecule has 0 aliphatic carbocycles. The maximum atomic E-state index is 12.9. The molecule has 2 aliphatic rings. The van der Waals surface area contributed by atoms with Crippen LogP contribution in [0.15, 0.2) is 24.3 Å². The van der Waals surface area contributed by atoms with E-state index in [0.717, 1.165) is 38.5 Å². The minimum absolute atomic E-state index is 0.115. The van der Waals surface area contributed by atoms with Crippen molar-refractivity contribution in [2.24, 2.45) is 5.92 Å². The lowest BCUT2D eigenvalue weighted by atomic mass is 9.97. The van der Waals surface area contributed by atoms with Crippen molar-refractivity contribution < 1.29 is 22.7 Å². The lowest BCUT2D eigenvalue weighted by Gasteiger charge is -2.37. The molecule has 2 saturated heterocycles. The van der Waals surface area contributed by atoms with Gasteiger partial charge in [0.15, 0.2) is 0 Å². The Morgan fingerprint density at radius 2 is 1.72 bits per heavy atom. The molecule has 0 spiro atoms. The molecule has 162 valence electrons. The molecule has 1 aromatic carbocycles. The Hall–Kier alpha value is -1.51. The third-order valence-corrected chi connectivity index (χ3v) is 5.80. The molecule has 2 aliphatic heterocycles. The molecule has 0 N–H and O–H groups in total. The van der Waals surface area contributed by atoms with Crippen molar-refractivity contribution in [3.63, 3.8) is 0 Å². The van der Waals surface area contributed by atoms with E-state index in [9.17, 15) is 18.0 Å². The second kappa shape index (κ2) is 10.00. The molecule has 1 aromatic rings. The standard InChI is InChI=1S/C20H27ClF3N3O2/c21-17-3-5-18(6-4-17)29-13-12-25-8-10-26(11-9-25)15-19(28)27-7-1-2-16(14-27)20(22,23)24/h3-6,16H,1-2,7-15H2. The monoisotopic (exact) mass is 433 g/mol. The normalized spacial score (nSPS) is 21.9. The first kappa shape index (κ1) is 22.2. The van der Waals surface area contributed by atoms with Gasteiger partial charge in [-0.2, -0.15) is 13.2 Å². The Kier molecular flexibility index (Phi) is 7.65.